The van der Waals surface area contributed by atoms with Gasteiger partial charge in [0.15, 0.2) is 14.6 Å². The van der Waals surface area contributed by atoms with Crippen LogP contribution in [0.3, 0.4) is 0 Å². The molecule has 2 bridgehead atoms. The second-order valence-electron chi connectivity index (χ2n) is 8.11. The van der Waals surface area contributed by atoms with Crippen molar-refractivity contribution in [2.75, 3.05) is 13.3 Å². The molecule has 0 radical (unpaired) electrons. The number of ether oxygens (including phenoxy) is 1. The smallest absolute Gasteiger partial charge is 0.171 e. The largest absolute Gasteiger partial charge is 0.386 e. The molecule has 0 amide bonds. The van der Waals surface area contributed by atoms with Gasteiger partial charge in [-0.15, -0.1) is 0 Å². The SMILES string of the molecule is C[C@]1(c2cc(/C=C(/F)C3CCCO3)ccc2F)N=C(N)[C@@]2(CF)CC[C@@H]1S2(=O)=O. The van der Waals surface area contributed by atoms with Gasteiger partial charge in [-0.05, 0) is 56.4 Å². The highest BCUT2D eigenvalue weighted by Gasteiger charge is 2.65. The Kier molecular flexibility index (Phi) is 4.81. The van der Waals surface area contributed by atoms with Crippen LogP contribution in [0.15, 0.2) is 29.0 Å². The first-order valence-electron chi connectivity index (χ1n) is 9.59. The van der Waals surface area contributed by atoms with Gasteiger partial charge in [0, 0.05) is 12.2 Å². The second-order valence-corrected chi connectivity index (χ2v) is 10.6. The first-order chi connectivity index (χ1) is 13.7. The molecule has 1 aromatic rings. The zero-order chi connectivity index (χ0) is 21.0. The van der Waals surface area contributed by atoms with Gasteiger partial charge in [-0.1, -0.05) is 6.07 Å². The van der Waals surface area contributed by atoms with E-state index < -0.39 is 49.8 Å². The van der Waals surface area contributed by atoms with Crippen LogP contribution in [0, 0.1) is 5.82 Å². The summed E-state index contributed by atoms with van der Waals surface area (Å²) in [5.41, 5.74) is 4.76. The van der Waals surface area contributed by atoms with Crippen LogP contribution < -0.4 is 5.73 Å². The number of fused-ring (bicyclic) bond motifs is 2. The van der Waals surface area contributed by atoms with Crippen molar-refractivity contribution >= 4 is 21.7 Å². The minimum atomic E-state index is -4.02. The van der Waals surface area contributed by atoms with E-state index in [0.29, 0.717) is 18.6 Å². The molecule has 4 rings (SSSR count). The Morgan fingerprint density at radius 3 is 2.83 bits per heavy atom. The molecule has 0 saturated carbocycles. The van der Waals surface area contributed by atoms with E-state index in [-0.39, 0.29) is 24.2 Å². The lowest BCUT2D eigenvalue weighted by atomic mass is 9.86. The monoisotopic (exact) mass is 428 g/mol. The quantitative estimate of drug-likeness (QED) is 0.799. The summed E-state index contributed by atoms with van der Waals surface area (Å²) in [6.07, 6.45) is 2.10. The number of nitrogens with two attached hydrogens (primary N) is 1. The molecule has 5 nitrogen and oxygen atoms in total. The van der Waals surface area contributed by atoms with Crippen LogP contribution in [0.2, 0.25) is 0 Å². The van der Waals surface area contributed by atoms with Crippen molar-refractivity contribution in [3.05, 3.63) is 41.0 Å². The predicted molar refractivity (Wildman–Crippen MR) is 104 cm³/mol. The third kappa shape index (κ3) is 2.84. The highest BCUT2D eigenvalue weighted by atomic mass is 32.2. The van der Waals surface area contributed by atoms with Crippen LogP contribution >= 0.6 is 0 Å². The molecule has 0 spiro atoms. The molecular formula is C20H23F3N2O3S. The number of benzene rings is 1. The molecular weight excluding hydrogens is 405 g/mol. The van der Waals surface area contributed by atoms with Gasteiger partial charge in [0.05, 0.1) is 5.25 Å². The Hall–Kier alpha value is -1.87. The fourth-order valence-corrected chi connectivity index (χ4v) is 7.38. The van der Waals surface area contributed by atoms with Crippen LogP contribution in [0.4, 0.5) is 13.2 Å². The molecule has 158 valence electrons. The molecule has 0 aliphatic carbocycles. The van der Waals surface area contributed by atoms with Gasteiger partial charge >= 0.3 is 0 Å². The maximum Gasteiger partial charge on any atom is 0.171 e. The molecule has 2 N–H and O–H groups in total. The van der Waals surface area contributed by atoms with E-state index in [9.17, 15) is 21.6 Å². The molecule has 1 aromatic carbocycles. The Bertz CT molecular complexity index is 1000. The summed E-state index contributed by atoms with van der Waals surface area (Å²) in [6.45, 7) is 0.815. The fraction of sp³-hybridized carbons (Fsp3) is 0.550. The van der Waals surface area contributed by atoms with Crippen molar-refractivity contribution in [1.82, 2.24) is 0 Å². The number of amidine groups is 1. The van der Waals surface area contributed by atoms with Crippen molar-refractivity contribution < 1.29 is 26.3 Å². The van der Waals surface area contributed by atoms with Gasteiger partial charge in [-0.25, -0.2) is 21.6 Å². The standard InChI is InChI=1S/C20H23F3N2O3S/c1-19(17-6-7-20(11-21,18(24)25-19)29(17,26)27)13-9-12(4-5-14(13)22)10-15(23)16-3-2-8-28-16/h4-5,9-10,16-17H,2-3,6-8,11H2,1H3,(H2,24,25)/b15-10+/t16?,17-,19+,20-/m0/s1. The molecule has 2 saturated heterocycles. The minimum Gasteiger partial charge on any atom is -0.386 e. The lowest BCUT2D eigenvalue weighted by Gasteiger charge is -2.39. The van der Waals surface area contributed by atoms with Gasteiger partial charge in [0.25, 0.3) is 0 Å². The number of hydrogen-bond acceptors (Lipinski definition) is 5. The molecule has 0 aromatic heterocycles. The van der Waals surface area contributed by atoms with E-state index in [1.165, 1.54) is 25.1 Å². The molecule has 9 heteroatoms. The Balaban J connectivity index is 1.81. The van der Waals surface area contributed by atoms with Gasteiger partial charge in [-0.2, -0.15) is 0 Å². The van der Waals surface area contributed by atoms with Crippen molar-refractivity contribution in [2.45, 2.75) is 54.2 Å². The summed E-state index contributed by atoms with van der Waals surface area (Å²) < 4.78 is 72.6. The zero-order valence-electron chi connectivity index (χ0n) is 16.0. The summed E-state index contributed by atoms with van der Waals surface area (Å²) in [4.78, 5) is 4.30. The van der Waals surface area contributed by atoms with Crippen LogP contribution in [0.5, 0.6) is 0 Å². The summed E-state index contributed by atoms with van der Waals surface area (Å²) in [7, 11) is -4.02. The van der Waals surface area contributed by atoms with Crippen LogP contribution in [-0.2, 0) is 20.1 Å². The molecule has 29 heavy (non-hydrogen) atoms. The van der Waals surface area contributed by atoms with E-state index in [4.69, 9.17) is 10.5 Å². The molecule has 3 heterocycles. The van der Waals surface area contributed by atoms with Crippen molar-refractivity contribution in [1.29, 1.82) is 0 Å². The Labute approximate surface area is 167 Å². The van der Waals surface area contributed by atoms with Gasteiger partial charge in [0.1, 0.15) is 35.8 Å². The number of hydrogen-bond donors (Lipinski definition) is 1. The summed E-state index contributed by atoms with van der Waals surface area (Å²) in [5.74, 6) is -1.47. The Morgan fingerprint density at radius 1 is 1.41 bits per heavy atom. The topological polar surface area (TPSA) is 81.8 Å². The van der Waals surface area contributed by atoms with E-state index in [1.54, 1.807) is 0 Å². The van der Waals surface area contributed by atoms with E-state index in [2.05, 4.69) is 4.99 Å². The highest BCUT2D eigenvalue weighted by Crippen LogP contribution is 2.51. The normalized spacial score (nSPS) is 36.3. The second kappa shape index (κ2) is 6.84. The number of sulfone groups is 1. The molecule has 2 fully saturated rings. The third-order valence-electron chi connectivity index (χ3n) is 6.47. The van der Waals surface area contributed by atoms with Crippen molar-refractivity contribution in [2.24, 2.45) is 10.7 Å². The number of rotatable bonds is 4. The molecule has 1 unspecified atom stereocenters. The van der Waals surface area contributed by atoms with Gasteiger partial charge in [0.2, 0.25) is 0 Å². The predicted octanol–water partition coefficient (Wildman–Crippen LogP) is 3.19. The molecule has 3 aliphatic heterocycles. The fourth-order valence-electron chi connectivity index (χ4n) is 4.73. The lowest BCUT2D eigenvalue weighted by molar-refractivity contribution is 0.120. The number of nitrogens with zero attached hydrogens (tertiary/aromatic N) is 1. The Morgan fingerprint density at radius 2 is 2.17 bits per heavy atom. The maximum atomic E-state index is 14.8. The van der Waals surface area contributed by atoms with Crippen LogP contribution in [0.25, 0.3) is 6.08 Å². The highest BCUT2D eigenvalue weighted by molar-refractivity contribution is 7.94. The van der Waals surface area contributed by atoms with Crippen LogP contribution in [-0.4, -0.2) is 43.6 Å². The van der Waals surface area contributed by atoms with E-state index >= 15 is 0 Å². The number of halogens is 3. The number of alkyl halides is 1. The van der Waals surface area contributed by atoms with Gasteiger partial charge in [-0.3, -0.25) is 4.99 Å². The molecule has 3 aliphatic rings. The zero-order valence-corrected chi connectivity index (χ0v) is 16.8. The average Bonchev–Trinajstić information content (AvgIpc) is 3.26. The van der Waals surface area contributed by atoms with Crippen molar-refractivity contribution in [3.63, 3.8) is 0 Å². The van der Waals surface area contributed by atoms with E-state index in [0.717, 1.165) is 12.5 Å². The van der Waals surface area contributed by atoms with Crippen molar-refractivity contribution in [3.8, 4) is 0 Å². The minimum absolute atomic E-state index is 0.00252. The molecule has 4 atom stereocenters. The summed E-state index contributed by atoms with van der Waals surface area (Å²) in [5, 5.41) is -1.10. The lowest BCUT2D eigenvalue weighted by Crippen LogP contribution is -2.58. The number of aliphatic imine (C=N–C) groups is 1. The summed E-state index contributed by atoms with van der Waals surface area (Å²) in [6, 6.07) is 3.94. The third-order valence-corrected chi connectivity index (χ3v) is 9.52. The first-order valence-corrected chi connectivity index (χ1v) is 11.1. The van der Waals surface area contributed by atoms with Gasteiger partial charge < -0.3 is 10.5 Å². The average molecular weight is 428 g/mol. The maximum absolute atomic E-state index is 14.8. The van der Waals surface area contributed by atoms with Crippen LogP contribution in [0.1, 0.15) is 43.7 Å². The first kappa shape index (κ1) is 20.4. The van der Waals surface area contributed by atoms with E-state index in [1.807, 2.05) is 0 Å². The summed E-state index contributed by atoms with van der Waals surface area (Å²) >= 11 is 0.